The molecule has 3 aromatic rings. The smallest absolute Gasteiger partial charge is 0.166 e. The second-order valence-corrected chi connectivity index (χ2v) is 6.67. The van der Waals surface area contributed by atoms with Gasteiger partial charge in [0.2, 0.25) is 0 Å². The molecule has 0 bridgehead atoms. The maximum absolute atomic E-state index is 4.63. The van der Waals surface area contributed by atoms with Crippen molar-refractivity contribution in [1.82, 2.24) is 14.8 Å². The molecule has 0 atom stereocenters. The van der Waals surface area contributed by atoms with Crippen LogP contribution in [0, 0.1) is 12.8 Å². The maximum atomic E-state index is 4.63. The number of pyridine rings is 1. The molecular weight excluding hydrogens is 268 g/mol. The Balaban J connectivity index is 2.03. The standard InChI is InChI=1S/C15H20N4S/c1-9(2)7-8-16-14-13-12(19(4)18-14)11-6-5-10(3)17-15(11)20-13/h5-6,9H,7-8H2,1-4H3,(H,16,18). The number of hydrogen-bond acceptors (Lipinski definition) is 4. The molecule has 20 heavy (non-hydrogen) atoms. The van der Waals surface area contributed by atoms with Crippen molar-refractivity contribution in [2.45, 2.75) is 27.2 Å². The lowest BCUT2D eigenvalue weighted by molar-refractivity contribution is 0.606. The molecule has 0 spiro atoms. The Hall–Kier alpha value is -1.62. The lowest BCUT2D eigenvalue weighted by atomic mass is 10.1. The lowest BCUT2D eigenvalue weighted by Gasteiger charge is -2.05. The second-order valence-electron chi connectivity index (χ2n) is 5.67. The van der Waals surface area contributed by atoms with Crippen LogP contribution in [-0.4, -0.2) is 21.3 Å². The molecule has 0 unspecified atom stereocenters. The monoisotopic (exact) mass is 288 g/mol. The van der Waals surface area contributed by atoms with Gasteiger partial charge in [0.1, 0.15) is 4.83 Å². The first-order chi connectivity index (χ1) is 9.56. The summed E-state index contributed by atoms with van der Waals surface area (Å²) in [4.78, 5) is 5.72. The Morgan fingerprint density at radius 3 is 2.90 bits per heavy atom. The third-order valence-electron chi connectivity index (χ3n) is 3.47. The molecule has 0 saturated carbocycles. The Kier molecular flexibility index (Phi) is 3.38. The molecule has 3 heterocycles. The zero-order chi connectivity index (χ0) is 14.3. The van der Waals surface area contributed by atoms with E-state index in [0.29, 0.717) is 5.92 Å². The van der Waals surface area contributed by atoms with Gasteiger partial charge in [-0.05, 0) is 31.4 Å². The molecule has 5 heteroatoms. The number of thiophene rings is 1. The summed E-state index contributed by atoms with van der Waals surface area (Å²) in [6.45, 7) is 7.47. The van der Waals surface area contributed by atoms with Crippen LogP contribution < -0.4 is 5.32 Å². The zero-order valence-corrected chi connectivity index (χ0v) is 13.2. The van der Waals surface area contributed by atoms with Crippen LogP contribution in [0.5, 0.6) is 0 Å². The topological polar surface area (TPSA) is 42.7 Å². The normalized spacial score (nSPS) is 11.8. The van der Waals surface area contributed by atoms with E-state index in [2.05, 4.69) is 41.4 Å². The van der Waals surface area contributed by atoms with E-state index in [1.807, 2.05) is 18.7 Å². The van der Waals surface area contributed by atoms with Gasteiger partial charge < -0.3 is 5.32 Å². The van der Waals surface area contributed by atoms with Gasteiger partial charge in [-0.3, -0.25) is 4.68 Å². The Morgan fingerprint density at radius 2 is 2.15 bits per heavy atom. The van der Waals surface area contributed by atoms with Crippen molar-refractivity contribution in [1.29, 1.82) is 0 Å². The average molecular weight is 288 g/mol. The van der Waals surface area contributed by atoms with Crippen molar-refractivity contribution < 1.29 is 0 Å². The molecule has 0 aromatic carbocycles. The first-order valence-electron chi connectivity index (χ1n) is 7.03. The summed E-state index contributed by atoms with van der Waals surface area (Å²) >= 11 is 1.73. The lowest BCUT2D eigenvalue weighted by Crippen LogP contribution is -2.05. The summed E-state index contributed by atoms with van der Waals surface area (Å²) < 4.78 is 3.17. The number of rotatable bonds is 4. The first kappa shape index (κ1) is 13.4. The summed E-state index contributed by atoms with van der Waals surface area (Å²) in [6, 6.07) is 4.21. The molecule has 4 nitrogen and oxygen atoms in total. The molecule has 3 aromatic heterocycles. The predicted molar refractivity (Wildman–Crippen MR) is 86.6 cm³/mol. The Bertz CT molecular complexity index is 754. The highest BCUT2D eigenvalue weighted by Crippen LogP contribution is 2.36. The summed E-state index contributed by atoms with van der Waals surface area (Å²) in [5.74, 6) is 1.69. The Morgan fingerprint density at radius 1 is 1.35 bits per heavy atom. The van der Waals surface area contributed by atoms with Gasteiger partial charge in [0.15, 0.2) is 5.82 Å². The largest absolute Gasteiger partial charge is 0.367 e. The zero-order valence-electron chi connectivity index (χ0n) is 12.4. The van der Waals surface area contributed by atoms with Crippen LogP contribution in [0.1, 0.15) is 26.0 Å². The van der Waals surface area contributed by atoms with Crippen LogP contribution >= 0.6 is 11.3 Å². The van der Waals surface area contributed by atoms with Gasteiger partial charge in [0, 0.05) is 24.7 Å². The van der Waals surface area contributed by atoms with Crippen molar-refractivity contribution in [2.24, 2.45) is 13.0 Å². The van der Waals surface area contributed by atoms with Gasteiger partial charge in [-0.15, -0.1) is 11.3 Å². The van der Waals surface area contributed by atoms with Crippen molar-refractivity contribution in [2.75, 3.05) is 11.9 Å². The number of nitrogens with one attached hydrogen (secondary N) is 1. The fraction of sp³-hybridized carbons (Fsp3) is 0.467. The van der Waals surface area contributed by atoms with Gasteiger partial charge in [-0.2, -0.15) is 5.10 Å². The van der Waals surface area contributed by atoms with Gasteiger partial charge in [-0.1, -0.05) is 13.8 Å². The van der Waals surface area contributed by atoms with E-state index < -0.39 is 0 Å². The molecule has 0 aliphatic heterocycles. The summed E-state index contributed by atoms with van der Waals surface area (Å²) in [6.07, 6.45) is 1.15. The maximum Gasteiger partial charge on any atom is 0.166 e. The molecule has 0 aliphatic rings. The minimum Gasteiger partial charge on any atom is -0.367 e. The molecule has 0 radical (unpaired) electrons. The van der Waals surface area contributed by atoms with E-state index in [9.17, 15) is 0 Å². The van der Waals surface area contributed by atoms with Crippen molar-refractivity contribution in [3.8, 4) is 0 Å². The van der Waals surface area contributed by atoms with Crippen LogP contribution in [0.25, 0.3) is 20.4 Å². The van der Waals surface area contributed by atoms with E-state index in [1.165, 1.54) is 15.6 Å². The summed E-state index contributed by atoms with van der Waals surface area (Å²) in [7, 11) is 2.00. The first-order valence-corrected chi connectivity index (χ1v) is 7.84. The quantitative estimate of drug-likeness (QED) is 0.790. The number of hydrogen-bond donors (Lipinski definition) is 1. The highest BCUT2D eigenvalue weighted by atomic mass is 32.1. The van der Waals surface area contributed by atoms with E-state index in [4.69, 9.17) is 0 Å². The summed E-state index contributed by atoms with van der Waals surface area (Å²) in [5, 5.41) is 9.27. The second kappa shape index (κ2) is 5.05. The molecule has 3 rings (SSSR count). The van der Waals surface area contributed by atoms with Crippen molar-refractivity contribution in [3.05, 3.63) is 17.8 Å². The van der Waals surface area contributed by atoms with Crippen molar-refractivity contribution >= 4 is 37.6 Å². The molecule has 0 amide bonds. The predicted octanol–water partition coefficient (Wildman–Crippen LogP) is 3.95. The molecule has 0 fully saturated rings. The number of aryl methyl sites for hydroxylation is 2. The fourth-order valence-corrected chi connectivity index (χ4v) is 3.59. The molecule has 0 aliphatic carbocycles. The molecular formula is C15H20N4S. The van der Waals surface area contributed by atoms with E-state index in [1.54, 1.807) is 11.3 Å². The van der Waals surface area contributed by atoms with Crippen LogP contribution in [0.4, 0.5) is 5.82 Å². The number of nitrogens with zero attached hydrogens (tertiary/aromatic N) is 3. The fourth-order valence-electron chi connectivity index (χ4n) is 2.38. The number of aromatic nitrogens is 3. The van der Waals surface area contributed by atoms with E-state index in [0.717, 1.165) is 29.3 Å². The van der Waals surface area contributed by atoms with Crippen LogP contribution in [0.3, 0.4) is 0 Å². The highest BCUT2D eigenvalue weighted by molar-refractivity contribution is 7.26. The van der Waals surface area contributed by atoms with Gasteiger partial charge >= 0.3 is 0 Å². The third kappa shape index (κ3) is 2.26. The van der Waals surface area contributed by atoms with Crippen molar-refractivity contribution in [3.63, 3.8) is 0 Å². The van der Waals surface area contributed by atoms with E-state index in [-0.39, 0.29) is 0 Å². The number of anilines is 1. The average Bonchev–Trinajstić information content (AvgIpc) is 2.87. The SMILES string of the molecule is Cc1ccc2c(n1)sc1c(NCCC(C)C)nn(C)c12. The van der Waals surface area contributed by atoms with Crippen LogP contribution in [0.15, 0.2) is 12.1 Å². The highest BCUT2D eigenvalue weighted by Gasteiger charge is 2.15. The minimum atomic E-state index is 0.702. The number of fused-ring (bicyclic) bond motifs is 3. The third-order valence-corrected chi connectivity index (χ3v) is 4.57. The molecule has 0 saturated heterocycles. The van der Waals surface area contributed by atoms with Crippen LogP contribution in [0.2, 0.25) is 0 Å². The van der Waals surface area contributed by atoms with Gasteiger partial charge in [-0.25, -0.2) is 4.98 Å². The summed E-state index contributed by atoms with van der Waals surface area (Å²) in [5.41, 5.74) is 2.25. The molecule has 1 N–H and O–H groups in total. The van der Waals surface area contributed by atoms with E-state index >= 15 is 0 Å². The minimum absolute atomic E-state index is 0.702. The van der Waals surface area contributed by atoms with Crippen LogP contribution in [-0.2, 0) is 7.05 Å². The Labute approximate surface area is 122 Å². The van der Waals surface area contributed by atoms with Gasteiger partial charge in [0.05, 0.1) is 10.2 Å². The molecule has 106 valence electrons. The van der Waals surface area contributed by atoms with Gasteiger partial charge in [0.25, 0.3) is 0 Å².